The summed E-state index contributed by atoms with van der Waals surface area (Å²) in [6, 6.07) is 0. The molecule has 0 saturated heterocycles. The molecule has 162 valence electrons. The monoisotopic (exact) mass is 402 g/mol. The third-order valence-corrected chi connectivity index (χ3v) is 3.94. The molecular formula is C25H38O4. The Morgan fingerprint density at radius 1 is 0.759 bits per heavy atom. The zero-order valence-corrected chi connectivity index (χ0v) is 18.1. The minimum Gasteiger partial charge on any atom is -0.463 e. The van der Waals surface area contributed by atoms with E-state index in [-0.39, 0.29) is 31.2 Å². The summed E-state index contributed by atoms with van der Waals surface area (Å²) in [7, 11) is 0. The van der Waals surface area contributed by atoms with E-state index in [1.54, 1.807) is 6.08 Å². The minimum atomic E-state index is -0.803. The van der Waals surface area contributed by atoms with Crippen molar-refractivity contribution >= 4 is 11.8 Å². The van der Waals surface area contributed by atoms with Gasteiger partial charge in [-0.1, -0.05) is 74.6 Å². The molecule has 29 heavy (non-hydrogen) atoms. The van der Waals surface area contributed by atoms with E-state index in [1.807, 2.05) is 18.2 Å². The fraction of sp³-hybridized carbons (Fsp3) is 0.520. The third-order valence-electron chi connectivity index (χ3n) is 3.94. The Balaban J connectivity index is 3.77. The van der Waals surface area contributed by atoms with Crippen LogP contribution in [0.2, 0.25) is 0 Å². The Labute approximate surface area is 176 Å². The quantitative estimate of drug-likeness (QED) is 0.247. The van der Waals surface area contributed by atoms with Crippen LogP contribution in [0.3, 0.4) is 0 Å². The predicted octanol–water partition coefficient (Wildman–Crippen LogP) is 5.79. The highest BCUT2D eigenvalue weighted by Crippen LogP contribution is 2.04. The number of ether oxygens (including phenoxy) is 1. The highest BCUT2D eigenvalue weighted by Gasteiger charge is 2.10. The summed E-state index contributed by atoms with van der Waals surface area (Å²) >= 11 is 0. The third kappa shape index (κ3) is 20.3. The molecule has 0 aromatic heterocycles. The van der Waals surface area contributed by atoms with Crippen molar-refractivity contribution in [2.24, 2.45) is 0 Å². The van der Waals surface area contributed by atoms with Crippen LogP contribution in [0.4, 0.5) is 0 Å². The van der Waals surface area contributed by atoms with Crippen LogP contribution in [-0.4, -0.2) is 29.6 Å². The van der Waals surface area contributed by atoms with Crippen LogP contribution in [0.1, 0.15) is 71.6 Å². The van der Waals surface area contributed by atoms with E-state index in [9.17, 15) is 14.7 Å². The molecule has 0 aliphatic carbocycles. The Hall–Kier alpha value is -2.20. The van der Waals surface area contributed by atoms with Crippen LogP contribution in [-0.2, 0) is 14.3 Å². The van der Waals surface area contributed by atoms with E-state index in [2.05, 4.69) is 50.3 Å². The van der Waals surface area contributed by atoms with E-state index in [0.717, 1.165) is 32.1 Å². The van der Waals surface area contributed by atoms with Gasteiger partial charge in [-0.05, 0) is 38.5 Å². The predicted molar refractivity (Wildman–Crippen MR) is 121 cm³/mol. The number of hydrogen-bond donors (Lipinski definition) is 1. The molecular weight excluding hydrogens is 364 g/mol. The van der Waals surface area contributed by atoms with Crippen LogP contribution >= 0.6 is 0 Å². The van der Waals surface area contributed by atoms with E-state index in [4.69, 9.17) is 4.74 Å². The second-order valence-corrected chi connectivity index (χ2v) is 6.70. The lowest BCUT2D eigenvalue weighted by molar-refractivity contribution is -0.145. The largest absolute Gasteiger partial charge is 0.463 e. The first kappa shape index (κ1) is 26.8. The first-order chi connectivity index (χ1) is 14.1. The van der Waals surface area contributed by atoms with Gasteiger partial charge in [0.05, 0.1) is 12.5 Å². The normalized spacial score (nSPS) is 13.5. The maximum Gasteiger partial charge on any atom is 0.309 e. The highest BCUT2D eigenvalue weighted by atomic mass is 16.5. The van der Waals surface area contributed by atoms with E-state index in [0.29, 0.717) is 12.8 Å². The molecule has 4 nitrogen and oxygen atoms in total. The van der Waals surface area contributed by atoms with Crippen LogP contribution in [0.15, 0.2) is 60.8 Å². The number of aliphatic hydroxyl groups is 1. The van der Waals surface area contributed by atoms with Crippen LogP contribution < -0.4 is 0 Å². The molecule has 0 aliphatic rings. The molecule has 0 aromatic rings. The SMILES string of the molecule is CC/C=C\C/C=C\C/C=C\CC(=O)OCC(O)CCC(=O)C/C=C\C/C=C\CC. The molecule has 0 spiro atoms. The fourth-order valence-corrected chi connectivity index (χ4v) is 2.30. The van der Waals surface area contributed by atoms with Gasteiger partial charge in [-0.3, -0.25) is 9.59 Å². The van der Waals surface area contributed by atoms with Gasteiger partial charge in [-0.15, -0.1) is 0 Å². The Morgan fingerprint density at radius 3 is 1.79 bits per heavy atom. The second kappa shape index (κ2) is 20.5. The number of carbonyl (C=O) groups is 2. The minimum absolute atomic E-state index is 0.0682. The van der Waals surface area contributed by atoms with Gasteiger partial charge in [0.25, 0.3) is 0 Å². The average Bonchev–Trinajstić information content (AvgIpc) is 2.72. The molecule has 0 saturated carbocycles. The van der Waals surface area contributed by atoms with Gasteiger partial charge in [0.1, 0.15) is 12.4 Å². The van der Waals surface area contributed by atoms with E-state index < -0.39 is 6.10 Å². The zero-order chi connectivity index (χ0) is 21.6. The average molecular weight is 403 g/mol. The molecule has 0 rings (SSSR count). The molecule has 0 aliphatic heterocycles. The fourth-order valence-electron chi connectivity index (χ4n) is 2.30. The highest BCUT2D eigenvalue weighted by molar-refractivity contribution is 5.79. The number of Topliss-reactive ketones (excluding diaryl/α,β-unsaturated/α-hetero) is 1. The summed E-state index contributed by atoms with van der Waals surface area (Å²) in [5.41, 5.74) is 0. The van der Waals surface area contributed by atoms with Crippen molar-refractivity contribution in [3.05, 3.63) is 60.8 Å². The van der Waals surface area contributed by atoms with Gasteiger partial charge in [0.2, 0.25) is 0 Å². The van der Waals surface area contributed by atoms with Crippen LogP contribution in [0.25, 0.3) is 0 Å². The lowest BCUT2D eigenvalue weighted by atomic mass is 10.1. The number of hydrogen-bond acceptors (Lipinski definition) is 4. The van der Waals surface area contributed by atoms with Gasteiger partial charge in [0, 0.05) is 12.8 Å². The van der Waals surface area contributed by atoms with Gasteiger partial charge in [-0.2, -0.15) is 0 Å². The van der Waals surface area contributed by atoms with Crippen molar-refractivity contribution in [3.8, 4) is 0 Å². The molecule has 1 N–H and O–H groups in total. The van der Waals surface area contributed by atoms with Crippen molar-refractivity contribution < 1.29 is 19.4 Å². The number of carbonyl (C=O) groups excluding carboxylic acids is 2. The van der Waals surface area contributed by atoms with Gasteiger partial charge < -0.3 is 9.84 Å². The summed E-state index contributed by atoms with van der Waals surface area (Å²) in [6.07, 6.45) is 25.0. The standard InChI is InChI=1S/C25H38O4/c1-3-5-7-9-11-12-13-15-17-19-25(28)29-22-24(27)21-20-23(26)18-16-14-10-8-6-4-2/h5-8,11-12,14-17,24,27H,3-4,9-10,13,18-22H2,1-2H3/b7-5-,8-6-,12-11-,16-14-,17-15-. The van der Waals surface area contributed by atoms with Crippen molar-refractivity contribution in [2.45, 2.75) is 77.7 Å². The molecule has 0 heterocycles. The molecule has 0 aromatic carbocycles. The molecule has 4 heteroatoms. The summed E-state index contributed by atoms with van der Waals surface area (Å²) in [4.78, 5) is 23.4. The van der Waals surface area contributed by atoms with Gasteiger partial charge >= 0.3 is 5.97 Å². The smallest absolute Gasteiger partial charge is 0.309 e. The second-order valence-electron chi connectivity index (χ2n) is 6.70. The first-order valence-corrected chi connectivity index (χ1v) is 10.7. The van der Waals surface area contributed by atoms with Crippen LogP contribution in [0.5, 0.6) is 0 Å². The molecule has 1 atom stereocenters. The number of allylic oxidation sites excluding steroid dienone is 9. The summed E-state index contributed by atoms with van der Waals surface area (Å²) in [6.45, 7) is 4.12. The van der Waals surface area contributed by atoms with Crippen molar-refractivity contribution in [1.82, 2.24) is 0 Å². The number of ketones is 1. The molecule has 0 radical (unpaired) electrons. The Bertz CT molecular complexity index is 567. The number of esters is 1. The Morgan fingerprint density at radius 2 is 1.24 bits per heavy atom. The van der Waals surface area contributed by atoms with Crippen molar-refractivity contribution in [2.75, 3.05) is 6.61 Å². The van der Waals surface area contributed by atoms with Crippen molar-refractivity contribution in [1.29, 1.82) is 0 Å². The lowest BCUT2D eigenvalue weighted by Crippen LogP contribution is -2.19. The summed E-state index contributed by atoms with van der Waals surface area (Å²) in [5, 5.41) is 9.86. The molecule has 0 fully saturated rings. The van der Waals surface area contributed by atoms with Gasteiger partial charge in [-0.25, -0.2) is 0 Å². The topological polar surface area (TPSA) is 63.6 Å². The summed E-state index contributed by atoms with van der Waals surface area (Å²) < 4.78 is 5.04. The summed E-state index contributed by atoms with van der Waals surface area (Å²) in [5.74, 6) is -0.295. The molecule has 1 unspecified atom stereocenters. The first-order valence-electron chi connectivity index (χ1n) is 10.7. The number of rotatable bonds is 17. The van der Waals surface area contributed by atoms with Crippen molar-refractivity contribution in [3.63, 3.8) is 0 Å². The molecule has 0 amide bonds. The number of aliphatic hydroxyl groups excluding tert-OH is 1. The van der Waals surface area contributed by atoms with Gasteiger partial charge in [0.15, 0.2) is 0 Å². The maximum atomic E-state index is 11.8. The lowest BCUT2D eigenvalue weighted by Gasteiger charge is -2.10. The van der Waals surface area contributed by atoms with Crippen LogP contribution in [0, 0.1) is 0 Å². The maximum absolute atomic E-state index is 11.8. The molecule has 0 bridgehead atoms. The van der Waals surface area contributed by atoms with E-state index in [1.165, 1.54) is 0 Å². The Kier molecular flexibility index (Phi) is 19.0. The zero-order valence-electron chi connectivity index (χ0n) is 18.1. The van der Waals surface area contributed by atoms with E-state index >= 15 is 0 Å².